The average Bonchev–Trinajstić information content (AvgIpc) is 2.29. The normalized spacial score (nSPS) is 10.6. The third kappa shape index (κ3) is 2.27. The van der Waals surface area contributed by atoms with Gasteiger partial charge >= 0.3 is 0 Å². The summed E-state index contributed by atoms with van der Waals surface area (Å²) in [5.41, 5.74) is 0.466. The molecule has 0 atom stereocenters. The highest BCUT2D eigenvalue weighted by Gasteiger charge is 2.12. The fourth-order valence-electron chi connectivity index (χ4n) is 1.40. The summed E-state index contributed by atoms with van der Waals surface area (Å²) < 4.78 is 39.0. The molecule has 0 spiro atoms. The number of rotatable bonds is 2. The molecule has 2 nitrogen and oxygen atoms in total. The standard InChI is InChI=1S/C12H9F3N2/c1-7-5-16-12(17-6-7)8-2-10(14)9(4-13)11(15)3-8/h2-3,5-6H,4H2,1H3. The molecule has 0 saturated carbocycles. The Morgan fingerprint density at radius 3 is 2.06 bits per heavy atom. The van der Waals surface area contributed by atoms with E-state index in [-0.39, 0.29) is 11.4 Å². The Kier molecular flexibility index (Phi) is 3.08. The summed E-state index contributed by atoms with van der Waals surface area (Å²) in [6.45, 7) is 0.629. The van der Waals surface area contributed by atoms with Crippen LogP contribution in [-0.4, -0.2) is 9.97 Å². The number of benzene rings is 1. The van der Waals surface area contributed by atoms with E-state index in [0.29, 0.717) is 0 Å². The Morgan fingerprint density at radius 1 is 1.06 bits per heavy atom. The predicted molar refractivity (Wildman–Crippen MR) is 56.9 cm³/mol. The lowest BCUT2D eigenvalue weighted by atomic mass is 10.1. The van der Waals surface area contributed by atoms with E-state index in [9.17, 15) is 13.2 Å². The number of hydrogen-bond donors (Lipinski definition) is 0. The van der Waals surface area contributed by atoms with Crippen molar-refractivity contribution in [2.24, 2.45) is 0 Å². The van der Waals surface area contributed by atoms with Gasteiger partial charge in [0.1, 0.15) is 18.3 Å². The first-order valence-electron chi connectivity index (χ1n) is 4.94. The van der Waals surface area contributed by atoms with Crippen LogP contribution in [0.25, 0.3) is 11.4 Å². The van der Waals surface area contributed by atoms with Crippen LogP contribution in [0.15, 0.2) is 24.5 Å². The number of aromatic nitrogens is 2. The molecule has 88 valence electrons. The molecule has 0 aliphatic carbocycles. The second-order valence-corrected chi connectivity index (χ2v) is 3.64. The van der Waals surface area contributed by atoms with Gasteiger partial charge in [0.05, 0.1) is 5.56 Å². The molecule has 0 unspecified atom stereocenters. The molecule has 0 fully saturated rings. The first-order chi connectivity index (χ1) is 8.11. The zero-order valence-electron chi connectivity index (χ0n) is 9.04. The fourth-order valence-corrected chi connectivity index (χ4v) is 1.40. The lowest BCUT2D eigenvalue weighted by Crippen LogP contribution is -1.96. The summed E-state index contributed by atoms with van der Waals surface area (Å²) >= 11 is 0. The van der Waals surface area contributed by atoms with E-state index < -0.39 is 23.9 Å². The summed E-state index contributed by atoms with van der Waals surface area (Å²) in [5, 5.41) is 0. The van der Waals surface area contributed by atoms with Gasteiger partial charge in [-0.1, -0.05) is 0 Å². The van der Waals surface area contributed by atoms with E-state index in [1.807, 2.05) is 0 Å². The van der Waals surface area contributed by atoms with Crippen LogP contribution in [0, 0.1) is 18.6 Å². The van der Waals surface area contributed by atoms with Gasteiger partial charge in [0.25, 0.3) is 0 Å². The van der Waals surface area contributed by atoms with Gasteiger partial charge < -0.3 is 0 Å². The van der Waals surface area contributed by atoms with E-state index in [0.717, 1.165) is 17.7 Å². The molecule has 2 rings (SSSR count). The maximum atomic E-state index is 13.3. The molecule has 2 aromatic rings. The van der Waals surface area contributed by atoms with Crippen molar-refractivity contribution in [1.29, 1.82) is 0 Å². The zero-order chi connectivity index (χ0) is 12.4. The predicted octanol–water partition coefficient (Wildman–Crippen LogP) is 3.20. The monoisotopic (exact) mass is 238 g/mol. The minimum Gasteiger partial charge on any atom is -0.246 e. The van der Waals surface area contributed by atoms with E-state index in [4.69, 9.17) is 0 Å². The summed E-state index contributed by atoms with van der Waals surface area (Å²) in [6, 6.07) is 2.06. The van der Waals surface area contributed by atoms with Crippen molar-refractivity contribution in [3.63, 3.8) is 0 Å². The van der Waals surface area contributed by atoms with Crippen LogP contribution in [0.1, 0.15) is 11.1 Å². The van der Waals surface area contributed by atoms with Gasteiger partial charge in [-0.15, -0.1) is 0 Å². The Balaban J connectivity index is 2.50. The van der Waals surface area contributed by atoms with Gasteiger partial charge in [0.2, 0.25) is 0 Å². The molecule has 0 radical (unpaired) electrons. The molecule has 0 bridgehead atoms. The van der Waals surface area contributed by atoms with Crippen molar-refractivity contribution in [2.45, 2.75) is 13.6 Å². The third-order valence-electron chi connectivity index (χ3n) is 2.31. The van der Waals surface area contributed by atoms with Gasteiger partial charge in [-0.05, 0) is 24.6 Å². The summed E-state index contributed by atoms with van der Waals surface area (Å²) in [5.74, 6) is -1.64. The highest BCUT2D eigenvalue weighted by Crippen LogP contribution is 2.22. The molecule has 0 saturated heterocycles. The van der Waals surface area contributed by atoms with Crippen molar-refractivity contribution in [1.82, 2.24) is 9.97 Å². The summed E-state index contributed by atoms with van der Waals surface area (Å²) in [4.78, 5) is 7.90. The molecule has 1 aromatic heterocycles. The van der Waals surface area contributed by atoms with E-state index >= 15 is 0 Å². The molecule has 0 aliphatic rings. The lowest BCUT2D eigenvalue weighted by Gasteiger charge is -2.04. The Morgan fingerprint density at radius 2 is 1.59 bits per heavy atom. The van der Waals surface area contributed by atoms with Crippen LogP contribution in [0.3, 0.4) is 0 Å². The Labute approximate surface area is 96.2 Å². The van der Waals surface area contributed by atoms with Gasteiger partial charge in [0, 0.05) is 18.0 Å². The van der Waals surface area contributed by atoms with Crippen LogP contribution in [0.5, 0.6) is 0 Å². The van der Waals surface area contributed by atoms with Crippen LogP contribution in [0.4, 0.5) is 13.2 Å². The van der Waals surface area contributed by atoms with E-state index in [1.165, 1.54) is 0 Å². The molecule has 0 N–H and O–H groups in total. The number of hydrogen-bond acceptors (Lipinski definition) is 2. The number of alkyl halides is 1. The summed E-state index contributed by atoms with van der Waals surface area (Å²) in [7, 11) is 0. The minimum absolute atomic E-state index is 0.192. The number of halogens is 3. The maximum Gasteiger partial charge on any atom is 0.159 e. The molecule has 0 amide bonds. The molecule has 5 heteroatoms. The second-order valence-electron chi connectivity index (χ2n) is 3.64. The first-order valence-corrected chi connectivity index (χ1v) is 4.94. The van der Waals surface area contributed by atoms with Gasteiger partial charge in [-0.3, -0.25) is 0 Å². The third-order valence-corrected chi connectivity index (χ3v) is 2.31. The largest absolute Gasteiger partial charge is 0.246 e. The topological polar surface area (TPSA) is 25.8 Å². The quantitative estimate of drug-likeness (QED) is 0.802. The van der Waals surface area contributed by atoms with Crippen LogP contribution in [0.2, 0.25) is 0 Å². The SMILES string of the molecule is Cc1cnc(-c2cc(F)c(CF)c(F)c2)nc1. The number of nitrogens with zero attached hydrogens (tertiary/aromatic N) is 2. The Bertz CT molecular complexity index is 515. The maximum absolute atomic E-state index is 13.3. The number of aryl methyl sites for hydroxylation is 1. The molecule has 1 aromatic carbocycles. The van der Waals surface area contributed by atoms with Crippen LogP contribution < -0.4 is 0 Å². The van der Waals surface area contributed by atoms with Crippen molar-refractivity contribution in [2.75, 3.05) is 0 Å². The molecular weight excluding hydrogens is 229 g/mol. The molecular formula is C12H9F3N2. The minimum atomic E-state index is -1.17. The van der Waals surface area contributed by atoms with Gasteiger partial charge in [-0.25, -0.2) is 23.1 Å². The van der Waals surface area contributed by atoms with Crippen molar-refractivity contribution >= 4 is 0 Å². The summed E-state index contributed by atoms with van der Waals surface area (Å²) in [6.07, 6.45) is 3.09. The lowest BCUT2D eigenvalue weighted by molar-refractivity contribution is 0.440. The second kappa shape index (κ2) is 4.53. The van der Waals surface area contributed by atoms with Gasteiger partial charge in [-0.2, -0.15) is 0 Å². The highest BCUT2D eigenvalue weighted by molar-refractivity contribution is 5.55. The van der Waals surface area contributed by atoms with Crippen LogP contribution >= 0.6 is 0 Å². The highest BCUT2D eigenvalue weighted by atomic mass is 19.1. The molecule has 17 heavy (non-hydrogen) atoms. The average molecular weight is 238 g/mol. The van der Waals surface area contributed by atoms with Crippen molar-refractivity contribution in [3.8, 4) is 11.4 Å². The van der Waals surface area contributed by atoms with Gasteiger partial charge in [0.15, 0.2) is 5.82 Å². The van der Waals surface area contributed by atoms with E-state index in [2.05, 4.69) is 9.97 Å². The first kappa shape index (κ1) is 11.6. The smallest absolute Gasteiger partial charge is 0.159 e. The van der Waals surface area contributed by atoms with Crippen molar-refractivity contribution < 1.29 is 13.2 Å². The van der Waals surface area contributed by atoms with Crippen LogP contribution in [-0.2, 0) is 6.67 Å². The van der Waals surface area contributed by atoms with Crippen molar-refractivity contribution in [3.05, 3.63) is 47.3 Å². The van der Waals surface area contributed by atoms with E-state index in [1.54, 1.807) is 19.3 Å². The fraction of sp³-hybridized carbons (Fsp3) is 0.167. The molecule has 0 aliphatic heterocycles. The Hall–Kier alpha value is -1.91. The molecule has 1 heterocycles. The zero-order valence-corrected chi connectivity index (χ0v) is 9.04.